The van der Waals surface area contributed by atoms with E-state index < -0.39 is 23.2 Å². The van der Waals surface area contributed by atoms with Gasteiger partial charge in [-0.1, -0.05) is 24.3 Å². The smallest absolute Gasteiger partial charge is 0.230 e. The highest BCUT2D eigenvalue weighted by atomic mass is 19.2. The molecule has 34 heavy (non-hydrogen) atoms. The Morgan fingerprint density at radius 1 is 1.18 bits per heavy atom. The first-order valence-electron chi connectivity index (χ1n) is 11.8. The predicted molar refractivity (Wildman–Crippen MR) is 121 cm³/mol. The van der Waals surface area contributed by atoms with Crippen molar-refractivity contribution in [2.45, 2.75) is 57.5 Å². The minimum Gasteiger partial charge on any atom is -0.365 e. The number of carbonyl (C=O) groups excluding carboxylic acids is 2. The predicted octanol–water partition coefficient (Wildman–Crippen LogP) is 3.13. The SMILES string of the molecule is CC(=O)NCc1cccc(CN(C(=O)[C@H]2CNCC[C@@]23OCc2cc(F)c(F)cc23)C2CC2)c1. The first-order chi connectivity index (χ1) is 16.4. The third kappa shape index (κ3) is 4.32. The quantitative estimate of drug-likeness (QED) is 0.682. The van der Waals surface area contributed by atoms with Crippen LogP contribution in [0, 0.1) is 17.6 Å². The molecule has 0 unspecified atom stereocenters. The van der Waals surface area contributed by atoms with Gasteiger partial charge in [-0.3, -0.25) is 9.59 Å². The van der Waals surface area contributed by atoms with Gasteiger partial charge in [0.1, 0.15) is 5.60 Å². The molecule has 2 heterocycles. The van der Waals surface area contributed by atoms with Crippen molar-refractivity contribution < 1.29 is 23.1 Å². The number of amides is 2. The molecule has 2 amide bonds. The summed E-state index contributed by atoms with van der Waals surface area (Å²) in [5.74, 6) is -2.46. The summed E-state index contributed by atoms with van der Waals surface area (Å²) in [7, 11) is 0. The number of fused-ring (bicyclic) bond motifs is 2. The van der Waals surface area contributed by atoms with Crippen LogP contribution in [0.5, 0.6) is 0 Å². The molecule has 2 aliphatic heterocycles. The number of piperidine rings is 1. The van der Waals surface area contributed by atoms with Crippen LogP contribution in [0.4, 0.5) is 8.78 Å². The van der Waals surface area contributed by atoms with Gasteiger partial charge in [0.2, 0.25) is 11.8 Å². The topological polar surface area (TPSA) is 70.7 Å². The molecule has 2 atom stereocenters. The van der Waals surface area contributed by atoms with Crippen LogP contribution in [-0.4, -0.2) is 35.8 Å². The first kappa shape index (κ1) is 22.9. The third-order valence-electron chi connectivity index (χ3n) is 7.13. The Hall–Kier alpha value is -2.84. The van der Waals surface area contributed by atoms with Crippen LogP contribution in [0.1, 0.15) is 48.4 Å². The molecule has 8 heteroatoms. The van der Waals surface area contributed by atoms with Crippen molar-refractivity contribution in [1.29, 1.82) is 0 Å². The van der Waals surface area contributed by atoms with Gasteiger partial charge in [0.25, 0.3) is 0 Å². The summed E-state index contributed by atoms with van der Waals surface area (Å²) in [6.45, 7) is 3.59. The summed E-state index contributed by atoms with van der Waals surface area (Å²) < 4.78 is 34.3. The second-order valence-electron chi connectivity index (χ2n) is 9.54. The highest BCUT2D eigenvalue weighted by Crippen LogP contribution is 2.48. The van der Waals surface area contributed by atoms with E-state index in [4.69, 9.17) is 4.74 Å². The molecular weight excluding hydrogens is 440 g/mol. The lowest BCUT2D eigenvalue weighted by Crippen LogP contribution is -2.55. The zero-order valence-electron chi connectivity index (χ0n) is 19.2. The number of carbonyl (C=O) groups is 2. The average molecular weight is 470 g/mol. The molecule has 2 N–H and O–H groups in total. The lowest BCUT2D eigenvalue weighted by Gasteiger charge is -2.43. The number of nitrogens with one attached hydrogen (secondary N) is 2. The Morgan fingerprint density at radius 3 is 2.71 bits per heavy atom. The maximum absolute atomic E-state index is 14.2. The summed E-state index contributed by atoms with van der Waals surface area (Å²) in [6, 6.07) is 10.4. The van der Waals surface area contributed by atoms with Crippen molar-refractivity contribution in [1.82, 2.24) is 15.5 Å². The Balaban J connectivity index is 1.42. The zero-order valence-corrected chi connectivity index (χ0v) is 19.2. The van der Waals surface area contributed by atoms with Crippen LogP contribution >= 0.6 is 0 Å². The van der Waals surface area contributed by atoms with E-state index >= 15 is 0 Å². The van der Waals surface area contributed by atoms with Gasteiger partial charge in [0.15, 0.2) is 11.6 Å². The van der Waals surface area contributed by atoms with Gasteiger partial charge >= 0.3 is 0 Å². The van der Waals surface area contributed by atoms with Crippen LogP contribution in [0.3, 0.4) is 0 Å². The van der Waals surface area contributed by atoms with Crippen LogP contribution in [0.2, 0.25) is 0 Å². The molecule has 6 nitrogen and oxygen atoms in total. The van der Waals surface area contributed by atoms with E-state index in [0.717, 1.165) is 24.0 Å². The highest BCUT2D eigenvalue weighted by molar-refractivity contribution is 5.82. The average Bonchev–Trinajstić information content (AvgIpc) is 3.62. The monoisotopic (exact) mass is 469 g/mol. The summed E-state index contributed by atoms with van der Waals surface area (Å²) in [5.41, 5.74) is 2.22. The maximum Gasteiger partial charge on any atom is 0.230 e. The van der Waals surface area contributed by atoms with Crippen molar-refractivity contribution in [3.63, 3.8) is 0 Å². The lowest BCUT2D eigenvalue weighted by molar-refractivity contribution is -0.157. The van der Waals surface area contributed by atoms with Gasteiger partial charge in [-0.15, -0.1) is 0 Å². The van der Waals surface area contributed by atoms with Crippen LogP contribution in [0.25, 0.3) is 0 Å². The molecule has 3 aliphatic rings. The molecule has 0 bridgehead atoms. The number of hydrogen-bond donors (Lipinski definition) is 2. The van der Waals surface area contributed by atoms with Crippen molar-refractivity contribution in [2.24, 2.45) is 5.92 Å². The third-order valence-corrected chi connectivity index (χ3v) is 7.13. The van der Waals surface area contributed by atoms with Gasteiger partial charge in [0, 0.05) is 32.6 Å². The Bertz CT molecular complexity index is 1120. The zero-order chi connectivity index (χ0) is 23.9. The molecule has 0 aromatic heterocycles. The minimum absolute atomic E-state index is 0.0282. The molecular formula is C26H29F2N3O3. The fourth-order valence-corrected chi connectivity index (χ4v) is 5.26. The van der Waals surface area contributed by atoms with E-state index in [2.05, 4.69) is 10.6 Å². The van der Waals surface area contributed by atoms with E-state index in [1.165, 1.54) is 19.1 Å². The summed E-state index contributed by atoms with van der Waals surface area (Å²) in [5, 5.41) is 6.10. The molecule has 2 aromatic rings. The van der Waals surface area contributed by atoms with Crippen LogP contribution < -0.4 is 10.6 Å². The number of rotatable bonds is 6. The number of hydrogen-bond acceptors (Lipinski definition) is 4. The second kappa shape index (κ2) is 9.07. The highest BCUT2D eigenvalue weighted by Gasteiger charge is 2.53. The second-order valence-corrected chi connectivity index (χ2v) is 9.54. The van der Waals surface area contributed by atoms with Gasteiger partial charge in [0.05, 0.1) is 12.5 Å². The fourth-order valence-electron chi connectivity index (χ4n) is 5.26. The van der Waals surface area contributed by atoms with Crippen LogP contribution in [0.15, 0.2) is 36.4 Å². The summed E-state index contributed by atoms with van der Waals surface area (Å²) in [4.78, 5) is 27.2. The number of nitrogens with zero attached hydrogens (tertiary/aromatic N) is 1. The number of halogens is 2. The molecule has 5 rings (SSSR count). The molecule has 1 spiro atoms. The summed E-state index contributed by atoms with van der Waals surface area (Å²) in [6.07, 6.45) is 2.41. The van der Waals surface area contributed by atoms with Gasteiger partial charge in [-0.2, -0.15) is 0 Å². The first-order valence-corrected chi connectivity index (χ1v) is 11.8. The Labute approximate surface area is 197 Å². The van der Waals surface area contributed by atoms with Crippen molar-refractivity contribution >= 4 is 11.8 Å². The van der Waals surface area contributed by atoms with E-state index in [1.54, 1.807) is 0 Å². The fraction of sp³-hybridized carbons (Fsp3) is 0.462. The molecule has 0 radical (unpaired) electrons. The van der Waals surface area contributed by atoms with Gasteiger partial charge in [-0.25, -0.2) is 8.78 Å². The van der Waals surface area contributed by atoms with Crippen molar-refractivity contribution in [2.75, 3.05) is 13.1 Å². The van der Waals surface area contributed by atoms with Crippen LogP contribution in [-0.2, 0) is 39.6 Å². The Kier molecular flexibility index (Phi) is 6.12. The van der Waals surface area contributed by atoms with Crippen molar-refractivity contribution in [3.05, 3.63) is 70.3 Å². The minimum atomic E-state index is -0.952. The van der Waals surface area contributed by atoms with E-state index in [0.29, 0.717) is 43.7 Å². The molecule has 1 saturated heterocycles. The van der Waals surface area contributed by atoms with Crippen molar-refractivity contribution in [3.8, 4) is 0 Å². The largest absolute Gasteiger partial charge is 0.365 e. The number of benzene rings is 2. The van der Waals surface area contributed by atoms with E-state index in [9.17, 15) is 18.4 Å². The lowest BCUT2D eigenvalue weighted by atomic mass is 9.75. The Morgan fingerprint density at radius 2 is 1.94 bits per heavy atom. The van der Waals surface area contributed by atoms with E-state index in [1.807, 2.05) is 29.2 Å². The molecule has 180 valence electrons. The maximum atomic E-state index is 14.2. The number of ether oxygens (including phenoxy) is 1. The van der Waals surface area contributed by atoms with E-state index in [-0.39, 0.29) is 24.5 Å². The standard InChI is InChI=1S/C26H29F2N3O3/c1-16(32)30-12-17-3-2-4-18(9-17)14-31(20-5-6-20)25(33)22-13-29-8-7-26(22)21-11-24(28)23(27)10-19(21)15-34-26/h2-4,9-11,20,22,29H,5-8,12-15H2,1H3,(H,30,32)/t22-,26+/m1/s1. The van der Waals surface area contributed by atoms with Gasteiger partial charge in [-0.05, 0) is 60.2 Å². The molecule has 1 aliphatic carbocycles. The molecule has 2 aromatic carbocycles. The normalized spacial score (nSPS) is 23.6. The molecule has 2 fully saturated rings. The molecule has 1 saturated carbocycles. The summed E-state index contributed by atoms with van der Waals surface area (Å²) >= 11 is 0. The van der Waals surface area contributed by atoms with Gasteiger partial charge < -0.3 is 20.3 Å².